The molecule has 1 aliphatic rings. The summed E-state index contributed by atoms with van der Waals surface area (Å²) in [5.41, 5.74) is 0. The fourth-order valence-corrected chi connectivity index (χ4v) is 1.64. The van der Waals surface area contributed by atoms with Gasteiger partial charge in [0.25, 0.3) is 0 Å². The van der Waals surface area contributed by atoms with Crippen molar-refractivity contribution in [3.8, 4) is 0 Å². The molecule has 0 aromatic rings. The van der Waals surface area contributed by atoms with Crippen molar-refractivity contribution in [3.05, 3.63) is 0 Å². The molecule has 0 aromatic heterocycles. The van der Waals surface area contributed by atoms with Gasteiger partial charge < -0.3 is 5.11 Å². The van der Waals surface area contributed by atoms with Crippen LogP contribution in [0.15, 0.2) is 0 Å². The summed E-state index contributed by atoms with van der Waals surface area (Å²) < 4.78 is 0. The second-order valence-electron chi connectivity index (χ2n) is 3.89. The molecular weight excluding hydrogens is 212 g/mol. The van der Waals surface area contributed by atoms with Crippen molar-refractivity contribution in [2.75, 3.05) is 19.6 Å². The van der Waals surface area contributed by atoms with E-state index in [1.54, 1.807) is 4.90 Å². The van der Waals surface area contributed by atoms with Gasteiger partial charge in [-0.1, -0.05) is 6.42 Å². The molecule has 1 fully saturated rings. The Morgan fingerprint density at radius 2 is 1.81 bits per heavy atom. The third-order valence-electron chi connectivity index (χ3n) is 2.38. The van der Waals surface area contributed by atoms with Gasteiger partial charge in [0.15, 0.2) is 0 Å². The maximum Gasteiger partial charge on any atom is 0.303 e. The lowest BCUT2D eigenvalue weighted by molar-refractivity contribution is -0.137. The Kier molecular flexibility index (Phi) is 4.91. The first-order valence-corrected chi connectivity index (χ1v) is 5.35. The van der Waals surface area contributed by atoms with Crippen LogP contribution < -0.4 is 5.32 Å². The first-order chi connectivity index (χ1) is 7.58. The topological polar surface area (TPSA) is 86.7 Å². The number of hydrogen-bond acceptors (Lipinski definition) is 4. The highest BCUT2D eigenvalue weighted by Gasteiger charge is 2.21. The van der Waals surface area contributed by atoms with Crippen molar-refractivity contribution in [1.82, 2.24) is 10.2 Å². The maximum atomic E-state index is 11.0. The van der Waals surface area contributed by atoms with Crippen LogP contribution in [0.25, 0.3) is 0 Å². The van der Waals surface area contributed by atoms with E-state index in [9.17, 15) is 14.4 Å². The summed E-state index contributed by atoms with van der Waals surface area (Å²) in [6.07, 6.45) is 2.44. The van der Waals surface area contributed by atoms with Crippen LogP contribution in [-0.4, -0.2) is 47.4 Å². The highest BCUT2D eigenvalue weighted by Crippen LogP contribution is 2.03. The van der Waals surface area contributed by atoms with Crippen molar-refractivity contribution in [2.45, 2.75) is 25.7 Å². The molecule has 0 bridgehead atoms. The molecule has 0 saturated carbocycles. The molecule has 6 heteroatoms. The predicted molar refractivity (Wildman–Crippen MR) is 55.7 cm³/mol. The Morgan fingerprint density at radius 1 is 1.19 bits per heavy atom. The third-order valence-corrected chi connectivity index (χ3v) is 2.38. The Morgan fingerprint density at radius 3 is 2.38 bits per heavy atom. The molecule has 0 spiro atoms. The number of unbranched alkanes of at least 4 members (excludes halogenated alkanes) is 2. The van der Waals surface area contributed by atoms with Gasteiger partial charge in [0.2, 0.25) is 11.8 Å². The van der Waals surface area contributed by atoms with Gasteiger partial charge >= 0.3 is 5.97 Å². The zero-order valence-electron chi connectivity index (χ0n) is 9.07. The minimum atomic E-state index is -0.785. The lowest BCUT2D eigenvalue weighted by Crippen LogP contribution is -2.51. The van der Waals surface area contributed by atoms with Crippen molar-refractivity contribution in [2.24, 2.45) is 0 Å². The molecule has 0 radical (unpaired) electrons. The minimum absolute atomic E-state index is 0.180. The molecule has 1 rings (SSSR count). The van der Waals surface area contributed by atoms with Gasteiger partial charge in [-0.15, -0.1) is 0 Å². The summed E-state index contributed by atoms with van der Waals surface area (Å²) in [5.74, 6) is -1.31. The summed E-state index contributed by atoms with van der Waals surface area (Å²) in [7, 11) is 0. The zero-order chi connectivity index (χ0) is 12.0. The monoisotopic (exact) mass is 228 g/mol. The maximum absolute atomic E-state index is 11.0. The van der Waals surface area contributed by atoms with E-state index in [0.717, 1.165) is 12.8 Å². The van der Waals surface area contributed by atoms with Gasteiger partial charge in [0.1, 0.15) is 0 Å². The number of nitrogens with zero attached hydrogens (tertiary/aromatic N) is 1. The molecule has 2 amide bonds. The number of rotatable bonds is 6. The van der Waals surface area contributed by atoms with Crippen LogP contribution in [0.1, 0.15) is 25.7 Å². The van der Waals surface area contributed by atoms with E-state index in [-0.39, 0.29) is 31.3 Å². The first-order valence-electron chi connectivity index (χ1n) is 5.35. The Bertz CT molecular complexity index is 275. The van der Waals surface area contributed by atoms with Crippen LogP contribution in [0.5, 0.6) is 0 Å². The van der Waals surface area contributed by atoms with E-state index >= 15 is 0 Å². The largest absolute Gasteiger partial charge is 0.481 e. The fourth-order valence-electron chi connectivity index (χ4n) is 1.64. The number of nitrogens with one attached hydrogen (secondary N) is 1. The Hall–Kier alpha value is -1.43. The van der Waals surface area contributed by atoms with Crippen LogP contribution in [0.3, 0.4) is 0 Å². The van der Waals surface area contributed by atoms with E-state index in [1.807, 2.05) is 0 Å². The quantitative estimate of drug-likeness (QED) is 0.476. The standard InChI is InChI=1S/C10H16N2O4/c13-8-6-12(7-9(14)11-8)5-3-1-2-4-10(15)16/h1-7H2,(H,15,16)(H,11,13,14). The van der Waals surface area contributed by atoms with Crippen LogP contribution in [0.2, 0.25) is 0 Å². The van der Waals surface area contributed by atoms with Crippen LogP contribution in [0, 0.1) is 0 Å². The number of aliphatic carboxylic acids is 1. The number of carbonyl (C=O) groups excluding carboxylic acids is 2. The Labute approximate surface area is 93.6 Å². The first kappa shape index (κ1) is 12.6. The molecule has 0 atom stereocenters. The summed E-state index contributed by atoms with van der Waals surface area (Å²) in [6, 6.07) is 0. The van der Waals surface area contributed by atoms with Crippen molar-refractivity contribution < 1.29 is 19.5 Å². The minimum Gasteiger partial charge on any atom is -0.481 e. The van der Waals surface area contributed by atoms with Gasteiger partial charge in [0.05, 0.1) is 13.1 Å². The fraction of sp³-hybridized carbons (Fsp3) is 0.700. The number of carbonyl (C=O) groups is 3. The molecule has 16 heavy (non-hydrogen) atoms. The van der Waals surface area contributed by atoms with Gasteiger partial charge in [-0.25, -0.2) is 0 Å². The van der Waals surface area contributed by atoms with E-state index in [1.165, 1.54) is 0 Å². The summed E-state index contributed by atoms with van der Waals surface area (Å²) >= 11 is 0. The van der Waals surface area contributed by atoms with E-state index in [0.29, 0.717) is 13.0 Å². The summed E-state index contributed by atoms with van der Waals surface area (Å²) in [5, 5.41) is 10.7. The molecule has 2 N–H and O–H groups in total. The predicted octanol–water partition coefficient (Wildman–Crippen LogP) is -0.410. The number of carboxylic acid groups (broad SMARTS) is 1. The number of amides is 2. The molecule has 1 saturated heterocycles. The van der Waals surface area contributed by atoms with Crippen molar-refractivity contribution in [3.63, 3.8) is 0 Å². The number of carboxylic acids is 1. The molecule has 0 unspecified atom stereocenters. The van der Waals surface area contributed by atoms with Gasteiger partial charge in [0, 0.05) is 6.42 Å². The third kappa shape index (κ3) is 4.88. The molecule has 6 nitrogen and oxygen atoms in total. The van der Waals surface area contributed by atoms with E-state index in [4.69, 9.17) is 5.11 Å². The van der Waals surface area contributed by atoms with Crippen LogP contribution in [-0.2, 0) is 14.4 Å². The second kappa shape index (κ2) is 6.22. The highest BCUT2D eigenvalue weighted by molar-refractivity contribution is 5.99. The van der Waals surface area contributed by atoms with Crippen LogP contribution in [0.4, 0.5) is 0 Å². The molecule has 1 heterocycles. The average molecular weight is 228 g/mol. The average Bonchev–Trinajstić information content (AvgIpc) is 2.15. The summed E-state index contributed by atoms with van der Waals surface area (Å²) in [6.45, 7) is 1.17. The lowest BCUT2D eigenvalue weighted by Gasteiger charge is -2.24. The molecular formula is C10H16N2O4. The number of piperazine rings is 1. The lowest BCUT2D eigenvalue weighted by atomic mass is 10.2. The summed E-state index contributed by atoms with van der Waals surface area (Å²) in [4.78, 5) is 34.0. The molecule has 0 aliphatic carbocycles. The smallest absolute Gasteiger partial charge is 0.303 e. The normalized spacial score (nSPS) is 17.2. The van der Waals surface area contributed by atoms with E-state index in [2.05, 4.69) is 5.32 Å². The molecule has 90 valence electrons. The van der Waals surface area contributed by atoms with Gasteiger partial charge in [-0.3, -0.25) is 24.6 Å². The second-order valence-corrected chi connectivity index (χ2v) is 3.89. The zero-order valence-corrected chi connectivity index (χ0v) is 9.07. The molecule has 1 aliphatic heterocycles. The van der Waals surface area contributed by atoms with Crippen molar-refractivity contribution in [1.29, 1.82) is 0 Å². The highest BCUT2D eigenvalue weighted by atomic mass is 16.4. The van der Waals surface area contributed by atoms with Crippen molar-refractivity contribution >= 4 is 17.8 Å². The SMILES string of the molecule is O=C(O)CCCCCN1CC(=O)NC(=O)C1. The number of imide groups is 1. The number of hydrogen-bond donors (Lipinski definition) is 2. The van der Waals surface area contributed by atoms with Gasteiger partial charge in [-0.05, 0) is 19.4 Å². The Balaban J connectivity index is 2.10. The van der Waals surface area contributed by atoms with E-state index < -0.39 is 5.97 Å². The van der Waals surface area contributed by atoms with Crippen LogP contribution >= 0.6 is 0 Å². The molecule has 0 aromatic carbocycles. The van der Waals surface area contributed by atoms with Gasteiger partial charge in [-0.2, -0.15) is 0 Å².